The molecule has 4 aliphatic heterocycles. The number of aliphatic hydroxyl groups excluding tert-OH is 1. The molecular weight excluding hydrogens is 1630 g/mol. The first-order chi connectivity index (χ1) is 60.1. The maximum absolute atomic E-state index is 15.1. The van der Waals surface area contributed by atoms with Crippen molar-refractivity contribution in [2.75, 3.05) is 70.0 Å². The van der Waals surface area contributed by atoms with Gasteiger partial charge in [-0.25, -0.2) is 0 Å². The van der Waals surface area contributed by atoms with E-state index in [2.05, 4.69) is 66.9 Å². The van der Waals surface area contributed by atoms with Crippen LogP contribution in [-0.2, 0) is 74.5 Å². The molecule has 6 aromatic rings. The number of likely N-dealkylation sites (N-methyl/N-ethyl adjacent to an activating group) is 8. The fourth-order valence-corrected chi connectivity index (χ4v) is 19.0. The highest BCUT2D eigenvalue weighted by Crippen LogP contribution is 2.54. The van der Waals surface area contributed by atoms with Gasteiger partial charge in [-0.15, -0.1) is 0 Å². The highest BCUT2D eigenvalue weighted by atomic mass is 16.6. The zero-order valence-electron chi connectivity index (χ0n) is 80.2. The van der Waals surface area contributed by atoms with Crippen molar-refractivity contribution in [3.05, 3.63) is 108 Å². The van der Waals surface area contributed by atoms with E-state index in [-0.39, 0.29) is 73.6 Å². The second kappa shape index (κ2) is 42.2. The van der Waals surface area contributed by atoms with Crippen molar-refractivity contribution >= 4 is 120 Å². The van der Waals surface area contributed by atoms with Crippen LogP contribution in [0.15, 0.2) is 91.0 Å². The summed E-state index contributed by atoms with van der Waals surface area (Å²) in [7, 11) is 13.5. The summed E-state index contributed by atoms with van der Waals surface area (Å²) >= 11 is 0. The first kappa shape index (κ1) is 101. The average molecular weight is 1770 g/mol. The molecule has 128 heavy (non-hydrogen) atoms. The van der Waals surface area contributed by atoms with Gasteiger partial charge in [0.25, 0.3) is 11.8 Å². The molecule has 16 atom stereocenters. The van der Waals surface area contributed by atoms with E-state index >= 15 is 9.59 Å². The zero-order chi connectivity index (χ0) is 95.2. The van der Waals surface area contributed by atoms with E-state index in [9.17, 15) is 57.8 Å². The third-order valence-electron chi connectivity index (χ3n) is 26.1. The molecule has 2 bridgehead atoms. The number of methoxy groups -OCH3 is 1. The first-order valence-electron chi connectivity index (χ1n) is 45.3. The van der Waals surface area contributed by atoms with E-state index in [0.29, 0.717) is 24.9 Å². The fourth-order valence-electron chi connectivity index (χ4n) is 19.0. The summed E-state index contributed by atoms with van der Waals surface area (Å²) in [5, 5.41) is 30.3. The number of nitrogens with one attached hydrogen (secondary N) is 5. The quantitative estimate of drug-likeness (QED) is 0.0437. The number of ether oxygens (including phenoxy) is 2. The van der Waals surface area contributed by atoms with Crippen LogP contribution in [0.25, 0.3) is 43.6 Å². The van der Waals surface area contributed by atoms with Crippen LogP contribution in [-0.4, -0.2) is 279 Å². The van der Waals surface area contributed by atoms with Crippen LogP contribution in [0.3, 0.4) is 0 Å². The lowest BCUT2D eigenvalue weighted by Gasteiger charge is -2.50. The molecule has 0 unspecified atom stereocenters. The number of allylic oxidation sites excluding steroid dienone is 2. The van der Waals surface area contributed by atoms with Crippen LogP contribution < -0.4 is 26.6 Å². The number of fused-ring (bicyclic) bond motifs is 13. The van der Waals surface area contributed by atoms with Gasteiger partial charge in [-0.1, -0.05) is 164 Å². The van der Waals surface area contributed by atoms with E-state index in [1.165, 1.54) is 87.7 Å². The summed E-state index contributed by atoms with van der Waals surface area (Å²) in [5.74, 6) is -9.81. The Bertz CT molecular complexity index is 5130. The Balaban J connectivity index is 0.000000350. The highest BCUT2D eigenvalue weighted by molar-refractivity contribution is 6.31. The predicted octanol–water partition coefficient (Wildman–Crippen LogP) is 9.18. The normalized spacial score (nSPS) is 26.0. The van der Waals surface area contributed by atoms with Gasteiger partial charge >= 0.3 is 0 Å². The molecule has 700 valence electrons. The van der Waals surface area contributed by atoms with Crippen LogP contribution in [0.2, 0.25) is 0 Å². The molecule has 4 aliphatic rings. The Hall–Kier alpha value is -10.8. The number of benzene rings is 4. The SMILES string of the molecule is C/C=C/C[C@@H](C)[C@@H](O)[C@H]1C(=O)N[C@@H](CC)C(=O)N(C)CC(=O)N(C)[C@@H](CC(C)C)C(=O)N[C@@H](C(C)C)C(=O)N(C)[C@@H](CC(C)C)C(=O)N[C@@H](C)C(=O)N[C@H](C)C(=O)N(C)[C@@H](CC(C)C)C(=O)N(C)[C@@H](CC(C)C)C(=O)N(C)[C@@H](C(C)C)C(=O)N1C.CO[C@@H]1[C@H](N(C)C(=O)c2ccccc2)C[C@H]2O[C@]1(C)n1c3ccccc3c3c4c(c5c6ccccc6n2c5c31)C(=O)NC4. The van der Waals surface area contributed by atoms with Crippen molar-refractivity contribution in [1.29, 1.82) is 0 Å². The van der Waals surface area contributed by atoms with Crippen molar-refractivity contribution in [2.24, 2.45) is 41.4 Å². The van der Waals surface area contributed by atoms with Crippen molar-refractivity contribution in [1.82, 2.24) is 74.9 Å². The molecule has 6 heterocycles. The van der Waals surface area contributed by atoms with Gasteiger partial charge in [0.1, 0.15) is 72.8 Å². The van der Waals surface area contributed by atoms with Gasteiger partial charge in [-0.05, 0) is 137 Å². The summed E-state index contributed by atoms with van der Waals surface area (Å²) in [5.41, 5.74) is 5.46. The van der Waals surface area contributed by atoms with Gasteiger partial charge in [0.15, 0.2) is 5.72 Å². The molecule has 6 N–H and O–H groups in total. The van der Waals surface area contributed by atoms with E-state index < -0.39 is 174 Å². The second-order valence-corrected chi connectivity index (χ2v) is 38.2. The van der Waals surface area contributed by atoms with Crippen LogP contribution in [0.4, 0.5) is 0 Å². The lowest BCUT2D eigenvalue weighted by molar-refractivity contribution is -0.264. The van der Waals surface area contributed by atoms with Crippen LogP contribution in [0, 0.1) is 41.4 Å². The molecule has 2 fully saturated rings. The largest absolute Gasteiger partial charge is 0.390 e. The van der Waals surface area contributed by atoms with E-state index in [1.807, 2.05) is 128 Å². The van der Waals surface area contributed by atoms with Gasteiger partial charge < -0.3 is 89.5 Å². The number of carbonyl (C=O) groups is 13. The van der Waals surface area contributed by atoms with Crippen LogP contribution >= 0.6 is 0 Å². The van der Waals surface area contributed by atoms with Gasteiger partial charge in [-0.3, -0.25) is 62.3 Å². The third-order valence-corrected chi connectivity index (χ3v) is 26.1. The standard InChI is InChI=1S/C62H111N11O12.C35H30N4O4/c1-25-27-28-40(15)52(75)51-56(79)65-43(26-2)58(81)67(18)33-48(74)68(19)44(29-34(3)4)55(78)66-49(38(11)12)61(84)69(20)45(30-35(5)6)54(77)63-41(16)53(76)64-42(17)57(80)70(21)46(31-36(7)8)59(82)71(22)47(32-37(9)10)60(83)72(23)50(39(13)14)62(85)73(51)24;1-35-32(42-3)25(37(2)34(41)19-11-5-4-6-12-19)17-26(43-35)38-23-15-9-7-13-20(23)28-29-22(18-36-33(29)40)27-21-14-8-10-16-24(21)39(35)31(27)30(28)38/h25,27,34-47,49-52,75H,26,28-33H2,1-24H3,(H,63,77)(H,64,76)(H,65,79)(H,66,78);4-16,25-26,32H,17-18H2,1-3H3,(H,36,40)/b27-25+;/t40-,41+,42-,43+,44+,45+,46+,47+,49+,50+,51+,52-;25-,26-,32-,35+/m11/s1. The highest BCUT2D eigenvalue weighted by Gasteiger charge is 2.56. The molecular formula is C97H141N15O16. The van der Waals surface area contributed by atoms with Gasteiger partial charge in [-0.2, -0.15) is 0 Å². The summed E-state index contributed by atoms with van der Waals surface area (Å²) in [4.78, 5) is 198. The molecule has 2 saturated heterocycles. The van der Waals surface area contributed by atoms with E-state index in [4.69, 9.17) is 9.47 Å². The Morgan fingerprint density at radius 1 is 0.562 bits per heavy atom. The summed E-state index contributed by atoms with van der Waals surface area (Å²) < 4.78 is 18.1. The molecule has 0 spiro atoms. The summed E-state index contributed by atoms with van der Waals surface area (Å²) in [6.07, 6.45) is 2.66. The average Bonchev–Trinajstić information content (AvgIpc) is 1.50. The maximum Gasteiger partial charge on any atom is 0.253 e. The van der Waals surface area contributed by atoms with Gasteiger partial charge in [0.2, 0.25) is 65.0 Å². The Morgan fingerprint density at radius 3 is 1.61 bits per heavy atom. The molecule has 2 aromatic heterocycles. The second-order valence-electron chi connectivity index (χ2n) is 38.2. The molecule has 0 saturated carbocycles. The molecule has 4 aromatic carbocycles. The predicted molar refractivity (Wildman–Crippen MR) is 494 cm³/mol. The third kappa shape index (κ3) is 20.7. The zero-order valence-corrected chi connectivity index (χ0v) is 80.2. The van der Waals surface area contributed by atoms with Crippen LogP contribution in [0.5, 0.6) is 0 Å². The monoisotopic (exact) mass is 1770 g/mol. The van der Waals surface area contributed by atoms with E-state index in [1.54, 1.807) is 61.7 Å². The number of para-hydroxylation sites is 2. The Kier molecular flexibility index (Phi) is 33.3. The number of nitrogens with zero attached hydrogens (tertiary/aromatic N) is 10. The minimum atomic E-state index is -1.61. The molecule has 31 heteroatoms. The molecule has 10 rings (SSSR count). The molecule has 31 nitrogen and oxygen atoms in total. The van der Waals surface area contributed by atoms with Crippen molar-refractivity contribution in [3.63, 3.8) is 0 Å². The van der Waals surface area contributed by atoms with Crippen molar-refractivity contribution < 1.29 is 76.9 Å². The Labute approximate surface area is 754 Å². The molecule has 13 amide bonds. The Morgan fingerprint density at radius 2 is 1.06 bits per heavy atom. The number of rotatable bonds is 18. The molecule has 0 aliphatic carbocycles. The van der Waals surface area contributed by atoms with Gasteiger partial charge in [0, 0.05) is 104 Å². The summed E-state index contributed by atoms with van der Waals surface area (Å²) in [6, 6.07) is 13.4. The topological polar surface area (TPSA) is 357 Å². The fraction of sp³-hybridized carbons (Fsp3) is 0.598. The maximum atomic E-state index is 15.1. The summed E-state index contributed by atoms with van der Waals surface area (Å²) in [6.45, 7) is 31.9. The minimum Gasteiger partial charge on any atom is -0.390 e. The number of hydrogen-bond acceptors (Lipinski definition) is 16. The number of carbonyl (C=O) groups excluding carboxylic acids is 13. The lowest BCUT2D eigenvalue weighted by atomic mass is 9.91. The smallest absolute Gasteiger partial charge is 0.253 e. The molecule has 0 radical (unpaired) electrons. The number of aromatic nitrogens is 2. The van der Waals surface area contributed by atoms with Crippen molar-refractivity contribution in [3.8, 4) is 0 Å². The number of hydrogen-bond donors (Lipinski definition) is 6. The first-order valence-corrected chi connectivity index (χ1v) is 45.3. The number of aliphatic hydroxyl groups is 1. The minimum absolute atomic E-state index is 0.0229. The van der Waals surface area contributed by atoms with Gasteiger partial charge in [0.05, 0.1) is 46.3 Å². The van der Waals surface area contributed by atoms with E-state index in [0.717, 1.165) is 64.5 Å². The number of amides is 13. The van der Waals surface area contributed by atoms with Crippen molar-refractivity contribution in [2.45, 2.75) is 267 Å². The van der Waals surface area contributed by atoms with Crippen LogP contribution in [0.1, 0.15) is 202 Å². The lowest BCUT2D eigenvalue weighted by Crippen LogP contribution is -2.63.